The van der Waals surface area contributed by atoms with Crippen LogP contribution < -0.4 is 17.2 Å². The molecular formula is C6H12N6O3. The molecule has 9 heteroatoms. The average Bonchev–Trinajstić information content (AvgIpc) is 2.01. The minimum atomic E-state index is -1.23. The summed E-state index contributed by atoms with van der Waals surface area (Å²) in [6.07, 6.45) is -1.23. The minimum absolute atomic E-state index is 0.0417. The summed E-state index contributed by atoms with van der Waals surface area (Å²) in [5.74, 6) is -1.06. The van der Waals surface area contributed by atoms with Gasteiger partial charge in [-0.1, -0.05) is 0 Å². The Bertz CT molecular complexity index is 291. The van der Waals surface area contributed by atoms with Crippen molar-refractivity contribution in [2.45, 2.75) is 13.0 Å². The molecule has 1 rings (SSSR count). The van der Waals surface area contributed by atoms with Crippen molar-refractivity contribution >= 4 is 23.8 Å². The minimum Gasteiger partial charge on any atom is -0.479 e. The molecule has 0 aromatic carbocycles. The maximum atomic E-state index is 9.45. The molecule has 0 spiro atoms. The van der Waals surface area contributed by atoms with Crippen LogP contribution in [0.3, 0.4) is 0 Å². The van der Waals surface area contributed by atoms with E-state index >= 15 is 0 Å². The zero-order valence-electron chi connectivity index (χ0n) is 7.95. The maximum absolute atomic E-state index is 9.45. The number of hydrogen-bond donors (Lipinski definition) is 5. The van der Waals surface area contributed by atoms with Crippen LogP contribution >= 0.6 is 0 Å². The van der Waals surface area contributed by atoms with E-state index in [9.17, 15) is 4.79 Å². The topological polar surface area (TPSA) is 174 Å². The SMILES string of the molecule is CC(O)C(=O)O.Nc1nc(N)nc(N)n1. The van der Waals surface area contributed by atoms with Crippen molar-refractivity contribution in [1.82, 2.24) is 15.0 Å². The molecule has 0 aliphatic rings. The normalized spacial score (nSPS) is 11.1. The Balaban J connectivity index is 0.000000288. The van der Waals surface area contributed by atoms with Crippen LogP contribution in [0.4, 0.5) is 17.8 Å². The number of nitrogen functional groups attached to an aromatic ring is 3. The third-order valence-electron chi connectivity index (χ3n) is 1.04. The standard InChI is InChI=1S/C3H6N6.C3H6O3/c4-1-7-2(5)9-3(6)8-1;1-2(4)3(5)6/h(H6,4,5,6,7,8,9);2,4H,1H3,(H,5,6). The fourth-order valence-corrected chi connectivity index (χ4v) is 0.427. The molecule has 1 unspecified atom stereocenters. The van der Waals surface area contributed by atoms with Crippen molar-refractivity contribution in [3.63, 3.8) is 0 Å². The van der Waals surface area contributed by atoms with Crippen molar-refractivity contribution in [3.8, 4) is 0 Å². The fraction of sp³-hybridized carbons (Fsp3) is 0.333. The number of aliphatic carboxylic acids is 1. The predicted molar refractivity (Wildman–Crippen MR) is 52.4 cm³/mol. The Morgan fingerprint density at radius 3 is 1.47 bits per heavy atom. The van der Waals surface area contributed by atoms with Gasteiger partial charge in [-0.25, -0.2) is 4.79 Å². The third-order valence-corrected chi connectivity index (χ3v) is 1.04. The van der Waals surface area contributed by atoms with Gasteiger partial charge in [-0.2, -0.15) is 15.0 Å². The first-order valence-electron chi connectivity index (χ1n) is 3.76. The number of carboxylic acids is 1. The molecule has 1 atom stereocenters. The second kappa shape index (κ2) is 5.54. The van der Waals surface area contributed by atoms with E-state index in [0.29, 0.717) is 0 Å². The zero-order chi connectivity index (χ0) is 12.0. The van der Waals surface area contributed by atoms with Crippen LogP contribution in [0.15, 0.2) is 0 Å². The van der Waals surface area contributed by atoms with Gasteiger partial charge in [-0.05, 0) is 6.92 Å². The van der Waals surface area contributed by atoms with Crippen LogP contribution in [0.2, 0.25) is 0 Å². The van der Waals surface area contributed by atoms with Crippen molar-refractivity contribution in [2.75, 3.05) is 17.2 Å². The summed E-state index contributed by atoms with van der Waals surface area (Å²) in [7, 11) is 0. The van der Waals surface area contributed by atoms with Crippen LogP contribution in [0.25, 0.3) is 0 Å². The van der Waals surface area contributed by atoms with Crippen LogP contribution in [0.5, 0.6) is 0 Å². The molecule has 0 radical (unpaired) electrons. The monoisotopic (exact) mass is 216 g/mol. The van der Waals surface area contributed by atoms with Crippen LogP contribution in [-0.2, 0) is 4.79 Å². The molecule has 15 heavy (non-hydrogen) atoms. The molecule has 0 amide bonds. The number of aliphatic hydroxyl groups excluding tert-OH is 1. The summed E-state index contributed by atoms with van der Waals surface area (Å²) in [5, 5.41) is 15.8. The summed E-state index contributed by atoms with van der Waals surface area (Å²) in [5.41, 5.74) is 15.4. The van der Waals surface area contributed by atoms with E-state index in [1.807, 2.05) is 0 Å². The first-order chi connectivity index (χ1) is 6.82. The number of aliphatic hydroxyl groups is 1. The Kier molecular flexibility index (Phi) is 4.75. The first-order valence-corrected chi connectivity index (χ1v) is 3.76. The van der Waals surface area contributed by atoms with Crippen LogP contribution in [0.1, 0.15) is 6.92 Å². The molecule has 0 aliphatic heterocycles. The second-order valence-electron chi connectivity index (χ2n) is 2.42. The lowest BCUT2D eigenvalue weighted by Gasteiger charge is -1.93. The number of hydrogen-bond acceptors (Lipinski definition) is 8. The number of anilines is 3. The molecule has 84 valence electrons. The Morgan fingerprint density at radius 1 is 1.13 bits per heavy atom. The van der Waals surface area contributed by atoms with Crippen molar-refractivity contribution in [2.24, 2.45) is 0 Å². The highest BCUT2D eigenvalue weighted by atomic mass is 16.4. The Labute approximate surface area is 85.0 Å². The van der Waals surface area contributed by atoms with Crippen molar-refractivity contribution < 1.29 is 15.0 Å². The van der Waals surface area contributed by atoms with E-state index in [1.54, 1.807) is 0 Å². The zero-order valence-corrected chi connectivity index (χ0v) is 7.95. The summed E-state index contributed by atoms with van der Waals surface area (Å²) >= 11 is 0. The number of rotatable bonds is 1. The van der Waals surface area contributed by atoms with Gasteiger partial charge in [-0.15, -0.1) is 0 Å². The lowest BCUT2D eigenvalue weighted by molar-refractivity contribution is -0.145. The van der Waals surface area contributed by atoms with Gasteiger partial charge < -0.3 is 27.4 Å². The van der Waals surface area contributed by atoms with Gasteiger partial charge in [0.15, 0.2) is 0 Å². The predicted octanol–water partition coefficient (Wildman–Crippen LogP) is -1.93. The molecule has 1 aromatic heterocycles. The van der Waals surface area contributed by atoms with Crippen molar-refractivity contribution in [3.05, 3.63) is 0 Å². The number of nitrogens with zero attached hydrogens (tertiary/aromatic N) is 3. The lowest BCUT2D eigenvalue weighted by atomic mass is 10.4. The van der Waals surface area contributed by atoms with Crippen molar-refractivity contribution in [1.29, 1.82) is 0 Å². The van der Waals surface area contributed by atoms with Gasteiger partial charge in [0.05, 0.1) is 0 Å². The molecule has 0 aliphatic carbocycles. The van der Waals surface area contributed by atoms with E-state index in [0.717, 1.165) is 0 Å². The van der Waals surface area contributed by atoms with Gasteiger partial charge in [0, 0.05) is 0 Å². The average molecular weight is 216 g/mol. The second-order valence-corrected chi connectivity index (χ2v) is 2.42. The van der Waals surface area contributed by atoms with Gasteiger partial charge in [0.1, 0.15) is 6.10 Å². The highest BCUT2D eigenvalue weighted by Crippen LogP contribution is 1.97. The molecule has 9 nitrogen and oxygen atoms in total. The highest BCUT2D eigenvalue weighted by molar-refractivity contribution is 5.71. The summed E-state index contributed by atoms with van der Waals surface area (Å²) in [4.78, 5) is 19.9. The summed E-state index contributed by atoms with van der Waals surface area (Å²) in [6, 6.07) is 0. The molecule has 1 heterocycles. The quantitative estimate of drug-likeness (QED) is 0.358. The van der Waals surface area contributed by atoms with Gasteiger partial charge in [0.25, 0.3) is 0 Å². The number of carbonyl (C=O) groups is 1. The van der Waals surface area contributed by atoms with E-state index in [2.05, 4.69) is 15.0 Å². The van der Waals surface area contributed by atoms with Gasteiger partial charge in [-0.3, -0.25) is 0 Å². The number of nitrogens with two attached hydrogens (primary N) is 3. The molecule has 0 bridgehead atoms. The molecule has 0 saturated carbocycles. The summed E-state index contributed by atoms with van der Waals surface area (Å²) < 4.78 is 0. The largest absolute Gasteiger partial charge is 0.479 e. The smallest absolute Gasteiger partial charge is 0.332 e. The van der Waals surface area contributed by atoms with Crippen LogP contribution in [-0.4, -0.2) is 37.2 Å². The molecule has 0 saturated heterocycles. The third kappa shape index (κ3) is 5.99. The summed E-state index contributed by atoms with van der Waals surface area (Å²) in [6.45, 7) is 1.20. The Morgan fingerprint density at radius 2 is 1.33 bits per heavy atom. The fourth-order valence-electron chi connectivity index (χ4n) is 0.427. The molecule has 8 N–H and O–H groups in total. The maximum Gasteiger partial charge on any atom is 0.332 e. The first kappa shape index (κ1) is 12.8. The van der Waals surface area contributed by atoms with Crippen LogP contribution in [0, 0.1) is 0 Å². The highest BCUT2D eigenvalue weighted by Gasteiger charge is 2.01. The van der Waals surface area contributed by atoms with E-state index in [-0.39, 0.29) is 17.8 Å². The van der Waals surface area contributed by atoms with Gasteiger partial charge >= 0.3 is 5.97 Å². The number of aromatic nitrogens is 3. The van der Waals surface area contributed by atoms with E-state index in [1.165, 1.54) is 6.92 Å². The van der Waals surface area contributed by atoms with Gasteiger partial charge in [0.2, 0.25) is 17.8 Å². The number of carboxylic acid groups (broad SMARTS) is 1. The molecule has 0 fully saturated rings. The Hall–Kier alpha value is -2.16. The molecular weight excluding hydrogens is 204 g/mol. The lowest BCUT2D eigenvalue weighted by Crippen LogP contribution is -2.13. The molecule has 1 aromatic rings. The van der Waals surface area contributed by atoms with E-state index < -0.39 is 12.1 Å². The van der Waals surface area contributed by atoms with E-state index in [4.69, 9.17) is 27.4 Å².